The second-order valence-corrected chi connectivity index (χ2v) is 10.9. The molecule has 0 heterocycles. The molecule has 1 aliphatic carbocycles. The van der Waals surface area contributed by atoms with E-state index in [1.54, 1.807) is 24.3 Å². The number of fused-ring (bicyclic) bond motifs is 2. The monoisotopic (exact) mass is 470 g/mol. The van der Waals surface area contributed by atoms with Crippen LogP contribution in [0.3, 0.4) is 0 Å². The maximum absolute atomic E-state index is 13.6. The highest BCUT2D eigenvalue weighted by atomic mass is 16.5. The van der Waals surface area contributed by atoms with Crippen LogP contribution in [0.2, 0.25) is 0 Å². The summed E-state index contributed by atoms with van der Waals surface area (Å²) in [6, 6.07) is 6.52. The Kier molecular flexibility index (Phi) is 7.24. The average molecular weight is 471 g/mol. The Labute approximate surface area is 202 Å². The molecule has 0 unspecified atom stereocenters. The number of rotatable bonds is 10. The number of ether oxygens (including phenoxy) is 2. The first kappa shape index (κ1) is 25.5. The molecule has 0 bridgehead atoms. The predicted molar refractivity (Wildman–Crippen MR) is 135 cm³/mol. The third-order valence-electron chi connectivity index (χ3n) is 5.77. The first-order chi connectivity index (χ1) is 15.8. The van der Waals surface area contributed by atoms with Gasteiger partial charge in [-0.1, -0.05) is 0 Å². The van der Waals surface area contributed by atoms with E-state index in [4.69, 9.17) is 20.9 Å². The van der Waals surface area contributed by atoms with Crippen LogP contribution in [-0.2, 0) is 0 Å². The number of hydrogen-bond acceptors (Lipinski definition) is 6. The summed E-state index contributed by atoms with van der Waals surface area (Å²) in [5.41, 5.74) is 13.3. The Morgan fingerprint density at radius 1 is 0.618 bits per heavy atom. The zero-order valence-corrected chi connectivity index (χ0v) is 21.2. The summed E-state index contributed by atoms with van der Waals surface area (Å²) in [7, 11) is 12.7. The number of nitrogens with zero attached hydrogens (tertiary/aromatic N) is 2. The normalized spacial score (nSPS) is 13.5. The fraction of sp³-hybridized carbons (Fsp3) is 0.462. The maximum atomic E-state index is 13.6. The van der Waals surface area contributed by atoms with Crippen molar-refractivity contribution in [3.05, 3.63) is 46.5 Å². The van der Waals surface area contributed by atoms with Gasteiger partial charge in [0, 0.05) is 24.2 Å². The van der Waals surface area contributed by atoms with Gasteiger partial charge in [-0.25, -0.2) is 0 Å². The molecular formula is C26H38N4O4+2. The van der Waals surface area contributed by atoms with Crippen molar-refractivity contribution >= 4 is 22.9 Å². The highest BCUT2D eigenvalue weighted by Gasteiger charge is 2.38. The molecule has 1 aliphatic rings. The van der Waals surface area contributed by atoms with Gasteiger partial charge in [-0.15, -0.1) is 0 Å². The van der Waals surface area contributed by atoms with Crippen molar-refractivity contribution in [1.29, 1.82) is 0 Å². The Balaban J connectivity index is 1.98. The number of anilines is 2. The van der Waals surface area contributed by atoms with Crippen molar-refractivity contribution in [3.8, 4) is 11.5 Å². The molecule has 0 saturated heterocycles. The molecule has 0 spiro atoms. The van der Waals surface area contributed by atoms with Crippen LogP contribution in [0.25, 0.3) is 0 Å². The second-order valence-electron chi connectivity index (χ2n) is 10.9. The molecule has 3 rings (SSSR count). The quantitative estimate of drug-likeness (QED) is 0.268. The summed E-state index contributed by atoms with van der Waals surface area (Å²) in [5, 5.41) is 0. The van der Waals surface area contributed by atoms with Gasteiger partial charge >= 0.3 is 0 Å². The Hall–Kier alpha value is -3.10. The van der Waals surface area contributed by atoms with Crippen molar-refractivity contribution in [2.24, 2.45) is 0 Å². The van der Waals surface area contributed by atoms with E-state index in [-0.39, 0.29) is 45.2 Å². The molecule has 0 aliphatic heterocycles. The Bertz CT molecular complexity index is 1010. The number of hydrogen-bond donors (Lipinski definition) is 2. The van der Waals surface area contributed by atoms with Crippen molar-refractivity contribution < 1.29 is 28.0 Å². The molecule has 8 nitrogen and oxygen atoms in total. The lowest BCUT2D eigenvalue weighted by Crippen LogP contribution is -2.36. The van der Waals surface area contributed by atoms with Gasteiger partial charge in [-0.3, -0.25) is 9.59 Å². The molecule has 8 heteroatoms. The zero-order valence-electron chi connectivity index (χ0n) is 21.2. The van der Waals surface area contributed by atoms with Gasteiger partial charge in [0.05, 0.1) is 90.8 Å². The van der Waals surface area contributed by atoms with Crippen molar-refractivity contribution in [3.63, 3.8) is 0 Å². The number of ketones is 2. The zero-order chi connectivity index (χ0) is 25.3. The maximum Gasteiger partial charge on any atom is 0.200 e. The highest BCUT2D eigenvalue weighted by Crippen LogP contribution is 2.42. The van der Waals surface area contributed by atoms with Crippen LogP contribution in [0, 0.1) is 0 Å². The minimum Gasteiger partial charge on any atom is -0.493 e. The van der Waals surface area contributed by atoms with Crippen LogP contribution in [0.4, 0.5) is 11.4 Å². The summed E-state index contributed by atoms with van der Waals surface area (Å²) in [4.78, 5) is 27.2. The van der Waals surface area contributed by atoms with Crippen molar-refractivity contribution in [2.45, 2.75) is 12.8 Å². The van der Waals surface area contributed by atoms with Crippen LogP contribution in [0.1, 0.15) is 44.7 Å². The molecular weight excluding hydrogens is 432 g/mol. The lowest BCUT2D eigenvalue weighted by Gasteiger charge is -2.26. The summed E-state index contributed by atoms with van der Waals surface area (Å²) < 4.78 is 13.6. The fourth-order valence-corrected chi connectivity index (χ4v) is 4.07. The minimum atomic E-state index is -0.368. The van der Waals surface area contributed by atoms with Gasteiger partial charge in [0.25, 0.3) is 0 Å². The van der Waals surface area contributed by atoms with Gasteiger partial charge in [-0.2, -0.15) is 0 Å². The predicted octanol–water partition coefficient (Wildman–Crippen LogP) is 2.58. The number of quaternary nitrogens is 2. The Morgan fingerprint density at radius 2 is 0.971 bits per heavy atom. The van der Waals surface area contributed by atoms with E-state index in [0.717, 1.165) is 34.9 Å². The third-order valence-corrected chi connectivity index (χ3v) is 5.77. The molecule has 4 N–H and O–H groups in total. The lowest BCUT2D eigenvalue weighted by molar-refractivity contribution is -0.870. The smallest absolute Gasteiger partial charge is 0.200 e. The highest BCUT2D eigenvalue weighted by molar-refractivity contribution is 6.33. The minimum absolute atomic E-state index is 0.135. The molecule has 0 aromatic heterocycles. The van der Waals surface area contributed by atoms with E-state index in [1.165, 1.54) is 0 Å². The fourth-order valence-electron chi connectivity index (χ4n) is 4.07. The van der Waals surface area contributed by atoms with E-state index in [9.17, 15) is 9.59 Å². The van der Waals surface area contributed by atoms with Gasteiger partial charge in [-0.05, 0) is 24.3 Å². The average Bonchev–Trinajstić information content (AvgIpc) is 2.72. The van der Waals surface area contributed by atoms with E-state index >= 15 is 0 Å². The number of nitrogens with two attached hydrogens (primary N) is 2. The number of nitrogen functional groups attached to an aromatic ring is 2. The van der Waals surface area contributed by atoms with Crippen LogP contribution in [0.5, 0.6) is 11.5 Å². The molecule has 34 heavy (non-hydrogen) atoms. The first-order valence-electron chi connectivity index (χ1n) is 11.6. The van der Waals surface area contributed by atoms with Gasteiger partial charge in [0.1, 0.15) is 11.5 Å². The topological polar surface area (TPSA) is 105 Å². The van der Waals surface area contributed by atoms with Crippen LogP contribution < -0.4 is 20.9 Å². The second kappa shape index (κ2) is 9.64. The van der Waals surface area contributed by atoms with E-state index in [0.29, 0.717) is 24.7 Å². The van der Waals surface area contributed by atoms with Crippen molar-refractivity contribution in [1.82, 2.24) is 0 Å². The lowest BCUT2D eigenvalue weighted by atomic mass is 9.81. The summed E-state index contributed by atoms with van der Waals surface area (Å²) in [6.07, 6.45) is 1.60. The standard InChI is InChI=1S/C26H36N4O4/c1-29(2,3)13-7-15-33-19-11-12-20(34-16-8-14-30(4,5)6)24-23(19)25(31)21-17(27)9-10-18(28)22(21)26(24)32/h9-12H,7-8,13-16H2,1-6H3,(H2-2,27,28,31,32)/p+2. The van der Waals surface area contributed by atoms with Crippen LogP contribution in [-0.4, -0.2) is 89.1 Å². The van der Waals surface area contributed by atoms with Gasteiger partial charge in [0.15, 0.2) is 0 Å². The molecule has 0 saturated carbocycles. The van der Waals surface area contributed by atoms with E-state index < -0.39 is 0 Å². The first-order valence-corrected chi connectivity index (χ1v) is 11.6. The number of carbonyl (C=O) groups is 2. The number of benzene rings is 2. The largest absolute Gasteiger partial charge is 0.493 e. The summed E-state index contributed by atoms with van der Waals surface area (Å²) >= 11 is 0. The van der Waals surface area contributed by atoms with Gasteiger partial charge < -0.3 is 29.9 Å². The van der Waals surface area contributed by atoms with Crippen LogP contribution in [0.15, 0.2) is 24.3 Å². The number of carbonyl (C=O) groups excluding carboxylic acids is 2. The molecule has 0 radical (unpaired) electrons. The molecule has 0 fully saturated rings. The van der Waals surface area contributed by atoms with E-state index in [1.807, 2.05) is 0 Å². The summed E-state index contributed by atoms with van der Waals surface area (Å²) in [5.74, 6) is -0.0116. The molecule has 0 atom stereocenters. The molecule has 2 aromatic rings. The van der Waals surface area contributed by atoms with Crippen molar-refractivity contribution in [2.75, 3.05) is 80.1 Å². The third kappa shape index (κ3) is 5.69. The Morgan fingerprint density at radius 3 is 1.29 bits per heavy atom. The molecule has 0 amide bonds. The van der Waals surface area contributed by atoms with E-state index in [2.05, 4.69) is 42.3 Å². The molecule has 184 valence electrons. The van der Waals surface area contributed by atoms with Crippen LogP contribution >= 0.6 is 0 Å². The molecule has 2 aromatic carbocycles. The summed E-state index contributed by atoms with van der Waals surface area (Å²) in [6.45, 7) is 2.67. The van der Waals surface area contributed by atoms with Gasteiger partial charge in [0.2, 0.25) is 11.6 Å². The SMILES string of the molecule is C[N+](C)(C)CCCOc1ccc(OCCC[N+](C)(C)C)c2c1C(=O)c1c(N)ccc(N)c1C2=O.